The highest BCUT2D eigenvalue weighted by atomic mass is 16.7. The van der Waals surface area contributed by atoms with Crippen molar-refractivity contribution in [1.29, 1.82) is 0 Å². The highest BCUT2D eigenvalue weighted by molar-refractivity contribution is 5.69. The van der Waals surface area contributed by atoms with Gasteiger partial charge in [-0.3, -0.25) is 4.79 Å². The average Bonchev–Trinajstić information content (AvgIpc) is 3.38. The molecule has 14 nitrogen and oxygen atoms in total. The SMILES string of the molecule is CCCCC/C=C\C/C=C\CCCCCCCCCCCC(=O)OC(COCCCCCCCCCCCCCCCCCCCCC)COC1OC(COC2OC(CO)C(O)C(O)C2O)C(O)C(O)C1O. The largest absolute Gasteiger partial charge is 0.457 e. The molecular formula is C58H108O14. The standard InChI is InChI=1S/C58H108O14/c1-3-5-7-9-11-13-15-17-19-21-23-25-27-29-31-33-35-37-39-41-50(60)70-47(44-67-42-40-38-36-34-32-30-28-26-24-22-20-18-16-14-12-10-8-6-4-2)45-68-57-56(66)54(64)52(62)49(72-57)46-69-58-55(65)53(63)51(61)48(43-59)71-58/h11,13,17,19,47-49,51-59,61-66H,3-10,12,14-16,18,20-46H2,1-2H3/b13-11-,19-17-. The lowest BCUT2D eigenvalue weighted by Gasteiger charge is -2.42. The van der Waals surface area contributed by atoms with E-state index in [2.05, 4.69) is 38.2 Å². The van der Waals surface area contributed by atoms with Crippen molar-refractivity contribution in [2.45, 2.75) is 306 Å². The fraction of sp³-hybridized carbons (Fsp3) is 0.914. The predicted molar refractivity (Wildman–Crippen MR) is 284 cm³/mol. The summed E-state index contributed by atoms with van der Waals surface area (Å²) in [4.78, 5) is 13.1. The molecule has 2 saturated heterocycles. The van der Waals surface area contributed by atoms with Crippen LogP contribution in [0.1, 0.15) is 239 Å². The Bertz CT molecular complexity index is 1290. The summed E-state index contributed by atoms with van der Waals surface area (Å²) in [6.07, 6.45) is 35.2. The molecular weight excluding hydrogens is 921 g/mol. The molecule has 11 atom stereocenters. The Kier molecular flexibility index (Phi) is 42.2. The number of allylic oxidation sites excluding steroid dienone is 4. The molecule has 0 amide bonds. The molecule has 0 aliphatic carbocycles. The third-order valence-electron chi connectivity index (χ3n) is 14.2. The summed E-state index contributed by atoms with van der Waals surface area (Å²) >= 11 is 0. The molecule has 0 spiro atoms. The van der Waals surface area contributed by atoms with Gasteiger partial charge in [-0.25, -0.2) is 0 Å². The van der Waals surface area contributed by atoms with Crippen molar-refractivity contribution < 1.29 is 69.0 Å². The van der Waals surface area contributed by atoms with E-state index in [1.54, 1.807) is 0 Å². The highest BCUT2D eigenvalue weighted by Crippen LogP contribution is 2.27. The Morgan fingerprint density at radius 1 is 0.458 bits per heavy atom. The summed E-state index contributed by atoms with van der Waals surface area (Å²) in [6.45, 7) is 3.71. The molecule has 72 heavy (non-hydrogen) atoms. The Balaban J connectivity index is 1.71. The normalized spacial score (nSPS) is 25.2. The minimum absolute atomic E-state index is 0.0647. The number of carbonyl (C=O) groups excluding carboxylic acids is 1. The van der Waals surface area contributed by atoms with Crippen LogP contribution in [0.3, 0.4) is 0 Å². The minimum Gasteiger partial charge on any atom is -0.457 e. The van der Waals surface area contributed by atoms with Crippen LogP contribution in [-0.2, 0) is 33.2 Å². The van der Waals surface area contributed by atoms with Crippen molar-refractivity contribution in [3.63, 3.8) is 0 Å². The summed E-state index contributed by atoms with van der Waals surface area (Å²) in [5.74, 6) is -0.376. The van der Waals surface area contributed by atoms with Crippen molar-refractivity contribution in [3.8, 4) is 0 Å². The van der Waals surface area contributed by atoms with Crippen LogP contribution in [0.5, 0.6) is 0 Å². The average molecular weight is 1030 g/mol. The number of aliphatic hydroxyl groups excluding tert-OH is 7. The molecule has 2 heterocycles. The van der Waals surface area contributed by atoms with E-state index >= 15 is 0 Å². The summed E-state index contributed by atoms with van der Waals surface area (Å²) in [7, 11) is 0. The lowest BCUT2D eigenvalue weighted by molar-refractivity contribution is -0.332. The topological polar surface area (TPSA) is 214 Å². The molecule has 7 N–H and O–H groups in total. The van der Waals surface area contributed by atoms with E-state index in [0.717, 1.165) is 51.4 Å². The zero-order valence-corrected chi connectivity index (χ0v) is 45.4. The summed E-state index contributed by atoms with van der Waals surface area (Å²) < 4.78 is 34.4. The van der Waals surface area contributed by atoms with E-state index in [0.29, 0.717) is 13.0 Å². The van der Waals surface area contributed by atoms with Crippen LogP contribution in [0, 0.1) is 0 Å². The van der Waals surface area contributed by atoms with Crippen LogP contribution >= 0.6 is 0 Å². The van der Waals surface area contributed by atoms with Gasteiger partial charge >= 0.3 is 5.97 Å². The fourth-order valence-corrected chi connectivity index (χ4v) is 9.44. The van der Waals surface area contributed by atoms with Crippen molar-refractivity contribution in [2.75, 3.05) is 33.0 Å². The molecule has 0 aromatic carbocycles. The van der Waals surface area contributed by atoms with Gasteiger partial charge in [0.05, 0.1) is 26.4 Å². The number of aliphatic hydroxyl groups is 7. The van der Waals surface area contributed by atoms with Gasteiger partial charge in [0.1, 0.15) is 54.9 Å². The van der Waals surface area contributed by atoms with Gasteiger partial charge in [-0.1, -0.05) is 212 Å². The summed E-state index contributed by atoms with van der Waals surface area (Å²) in [5.41, 5.74) is 0. The second-order valence-corrected chi connectivity index (χ2v) is 20.8. The number of rotatable bonds is 48. The second-order valence-electron chi connectivity index (χ2n) is 20.8. The highest BCUT2D eigenvalue weighted by Gasteiger charge is 2.47. The number of ether oxygens (including phenoxy) is 6. The zero-order chi connectivity index (χ0) is 52.3. The third-order valence-corrected chi connectivity index (χ3v) is 14.2. The molecule has 2 fully saturated rings. The molecule has 0 aromatic rings. The van der Waals surface area contributed by atoms with Gasteiger partial charge in [-0.05, 0) is 44.9 Å². The van der Waals surface area contributed by atoms with E-state index in [9.17, 15) is 40.5 Å². The Labute approximate surface area is 437 Å². The minimum atomic E-state index is -1.70. The maximum absolute atomic E-state index is 13.1. The Morgan fingerprint density at radius 3 is 1.36 bits per heavy atom. The van der Waals surface area contributed by atoms with Crippen molar-refractivity contribution in [1.82, 2.24) is 0 Å². The molecule has 424 valence electrons. The molecule has 2 aliphatic rings. The molecule has 0 saturated carbocycles. The fourth-order valence-electron chi connectivity index (χ4n) is 9.44. The van der Waals surface area contributed by atoms with Crippen molar-refractivity contribution in [3.05, 3.63) is 24.3 Å². The first kappa shape index (κ1) is 66.6. The maximum atomic E-state index is 13.1. The first-order valence-corrected chi connectivity index (χ1v) is 29.4. The van der Waals surface area contributed by atoms with E-state index in [1.165, 1.54) is 161 Å². The van der Waals surface area contributed by atoms with Gasteiger partial charge in [-0.15, -0.1) is 0 Å². The van der Waals surface area contributed by atoms with Gasteiger partial charge in [0, 0.05) is 13.0 Å². The first-order valence-electron chi connectivity index (χ1n) is 29.4. The van der Waals surface area contributed by atoms with Gasteiger partial charge in [0.2, 0.25) is 0 Å². The second kappa shape index (κ2) is 45.6. The van der Waals surface area contributed by atoms with Crippen LogP contribution < -0.4 is 0 Å². The summed E-state index contributed by atoms with van der Waals surface area (Å²) in [5, 5.41) is 72.3. The van der Waals surface area contributed by atoms with Crippen LogP contribution in [0.15, 0.2) is 24.3 Å². The molecule has 0 radical (unpaired) electrons. The van der Waals surface area contributed by atoms with Crippen LogP contribution in [-0.4, -0.2) is 142 Å². The molecule has 0 aromatic heterocycles. The number of carbonyl (C=O) groups is 1. The van der Waals surface area contributed by atoms with Gasteiger partial charge in [0.15, 0.2) is 12.6 Å². The lowest BCUT2D eigenvalue weighted by atomic mass is 9.98. The maximum Gasteiger partial charge on any atom is 0.306 e. The van der Waals surface area contributed by atoms with Crippen molar-refractivity contribution >= 4 is 5.97 Å². The van der Waals surface area contributed by atoms with E-state index in [1.807, 2.05) is 0 Å². The number of hydrogen-bond acceptors (Lipinski definition) is 14. The van der Waals surface area contributed by atoms with Crippen LogP contribution in [0.2, 0.25) is 0 Å². The predicted octanol–water partition coefficient (Wildman–Crippen LogP) is 10.4. The Hall–Kier alpha value is -1.53. The van der Waals surface area contributed by atoms with Crippen LogP contribution in [0.4, 0.5) is 0 Å². The number of unbranched alkanes of at least 4 members (excludes halogenated alkanes) is 30. The number of hydrogen-bond donors (Lipinski definition) is 7. The van der Waals surface area contributed by atoms with Crippen LogP contribution in [0.25, 0.3) is 0 Å². The van der Waals surface area contributed by atoms with E-state index in [-0.39, 0.29) is 25.6 Å². The first-order chi connectivity index (χ1) is 35.1. The molecule has 11 unspecified atom stereocenters. The smallest absolute Gasteiger partial charge is 0.306 e. The molecule has 2 aliphatic heterocycles. The molecule has 0 bridgehead atoms. The van der Waals surface area contributed by atoms with Gasteiger partial charge < -0.3 is 64.2 Å². The lowest BCUT2D eigenvalue weighted by Crippen LogP contribution is -2.61. The van der Waals surface area contributed by atoms with Gasteiger partial charge in [-0.2, -0.15) is 0 Å². The summed E-state index contributed by atoms with van der Waals surface area (Å²) in [6, 6.07) is 0. The van der Waals surface area contributed by atoms with Crippen molar-refractivity contribution in [2.24, 2.45) is 0 Å². The third kappa shape index (κ3) is 32.1. The Morgan fingerprint density at radius 2 is 0.861 bits per heavy atom. The van der Waals surface area contributed by atoms with E-state index in [4.69, 9.17) is 28.4 Å². The quantitative estimate of drug-likeness (QED) is 0.0172. The molecule has 14 heteroatoms. The zero-order valence-electron chi connectivity index (χ0n) is 45.4. The number of esters is 1. The van der Waals surface area contributed by atoms with Gasteiger partial charge in [0.25, 0.3) is 0 Å². The molecule has 2 rings (SSSR count). The van der Waals surface area contributed by atoms with E-state index < -0.39 is 80.7 Å². The monoisotopic (exact) mass is 1030 g/mol.